The number of anilines is 1. The number of nitrogens with zero attached hydrogens (tertiary/aromatic N) is 4. The molecule has 0 aliphatic heterocycles. The summed E-state index contributed by atoms with van der Waals surface area (Å²) in [5, 5.41) is 10.8. The zero-order chi connectivity index (χ0) is 23.4. The van der Waals surface area contributed by atoms with Gasteiger partial charge in [0.2, 0.25) is 5.89 Å². The summed E-state index contributed by atoms with van der Waals surface area (Å²) in [6.07, 6.45) is 0. The molecule has 1 amide bonds. The predicted octanol–water partition coefficient (Wildman–Crippen LogP) is 2.82. The van der Waals surface area contributed by atoms with Crippen LogP contribution in [0.3, 0.4) is 0 Å². The Balaban J connectivity index is 1.44. The number of oxazole rings is 1. The van der Waals surface area contributed by atoms with E-state index in [9.17, 15) is 4.79 Å². The number of rotatable bonds is 8. The molecule has 3 N–H and O–H groups in total. The molecule has 2 aromatic heterocycles. The smallest absolute Gasteiger partial charge is 0.275 e. The number of hydrogen-bond donors (Lipinski definition) is 2. The fraction of sp³-hybridized carbons (Fsp3) is 0.217. The maximum atomic E-state index is 12.6. The van der Waals surface area contributed by atoms with Crippen molar-refractivity contribution in [2.45, 2.75) is 20.0 Å². The average molecular weight is 448 g/mol. The van der Waals surface area contributed by atoms with Gasteiger partial charge in [0.1, 0.15) is 23.0 Å². The summed E-state index contributed by atoms with van der Waals surface area (Å²) < 4.78 is 17.5. The standard InChI is InChI=1S/C23H24N6O4/c1-14-19(26-23(33-14)16-6-10-18(32-3)11-7-16)13-29-21(24)20(27-28-29)22(30)25-12-15-4-8-17(31-2)9-5-15/h4-11H,12-13,24H2,1-3H3,(H,25,30). The first-order valence-corrected chi connectivity index (χ1v) is 10.2. The molecule has 0 spiro atoms. The molecule has 4 aromatic rings. The van der Waals surface area contributed by atoms with E-state index in [4.69, 9.17) is 19.6 Å². The molecule has 10 nitrogen and oxygen atoms in total. The van der Waals surface area contributed by atoms with Gasteiger partial charge in [-0.05, 0) is 48.9 Å². The highest BCUT2D eigenvalue weighted by Crippen LogP contribution is 2.25. The van der Waals surface area contributed by atoms with Crippen LogP contribution in [0.5, 0.6) is 11.5 Å². The van der Waals surface area contributed by atoms with Crippen molar-refractivity contribution in [2.24, 2.45) is 0 Å². The van der Waals surface area contributed by atoms with Crippen LogP contribution in [0.1, 0.15) is 27.5 Å². The molecule has 10 heteroatoms. The van der Waals surface area contributed by atoms with E-state index >= 15 is 0 Å². The van der Waals surface area contributed by atoms with Crippen LogP contribution in [0, 0.1) is 6.92 Å². The van der Waals surface area contributed by atoms with E-state index < -0.39 is 5.91 Å². The van der Waals surface area contributed by atoms with E-state index in [1.165, 1.54) is 4.68 Å². The number of aromatic nitrogens is 4. The average Bonchev–Trinajstić information content (AvgIpc) is 3.40. The number of nitrogens with two attached hydrogens (primary N) is 1. The van der Waals surface area contributed by atoms with Gasteiger partial charge >= 0.3 is 0 Å². The van der Waals surface area contributed by atoms with Gasteiger partial charge in [-0.3, -0.25) is 4.79 Å². The van der Waals surface area contributed by atoms with Crippen molar-refractivity contribution in [3.05, 3.63) is 71.2 Å². The van der Waals surface area contributed by atoms with Crippen LogP contribution < -0.4 is 20.5 Å². The minimum atomic E-state index is -0.412. The molecular weight excluding hydrogens is 424 g/mol. The number of carbonyl (C=O) groups excluding carboxylic acids is 1. The molecule has 0 fully saturated rings. The van der Waals surface area contributed by atoms with Crippen molar-refractivity contribution in [3.63, 3.8) is 0 Å². The second-order valence-electron chi connectivity index (χ2n) is 7.26. The van der Waals surface area contributed by atoms with E-state index in [1.807, 2.05) is 55.5 Å². The second kappa shape index (κ2) is 9.43. The molecule has 2 aromatic carbocycles. The highest BCUT2D eigenvalue weighted by atomic mass is 16.5. The lowest BCUT2D eigenvalue weighted by Crippen LogP contribution is -2.24. The minimum Gasteiger partial charge on any atom is -0.497 e. The Morgan fingerprint density at radius 3 is 2.33 bits per heavy atom. The molecule has 0 saturated carbocycles. The maximum Gasteiger partial charge on any atom is 0.275 e. The van der Waals surface area contributed by atoms with Gasteiger partial charge in [-0.15, -0.1) is 5.10 Å². The predicted molar refractivity (Wildman–Crippen MR) is 121 cm³/mol. The fourth-order valence-corrected chi connectivity index (χ4v) is 3.18. The highest BCUT2D eigenvalue weighted by molar-refractivity contribution is 5.96. The van der Waals surface area contributed by atoms with E-state index in [-0.39, 0.29) is 18.1 Å². The molecule has 0 atom stereocenters. The first-order valence-electron chi connectivity index (χ1n) is 10.2. The Bertz CT molecular complexity index is 1250. The summed E-state index contributed by atoms with van der Waals surface area (Å²) >= 11 is 0. The van der Waals surface area contributed by atoms with Crippen LogP contribution >= 0.6 is 0 Å². The summed E-state index contributed by atoms with van der Waals surface area (Å²) in [5.41, 5.74) is 8.58. The zero-order valence-electron chi connectivity index (χ0n) is 18.5. The maximum absolute atomic E-state index is 12.6. The van der Waals surface area contributed by atoms with Crippen molar-refractivity contribution in [3.8, 4) is 23.0 Å². The van der Waals surface area contributed by atoms with Crippen LogP contribution in [0.2, 0.25) is 0 Å². The van der Waals surface area contributed by atoms with Crippen molar-refractivity contribution in [1.82, 2.24) is 25.3 Å². The molecule has 2 heterocycles. The molecule has 0 radical (unpaired) electrons. The number of nitrogens with one attached hydrogen (secondary N) is 1. The zero-order valence-corrected chi connectivity index (χ0v) is 18.5. The van der Waals surface area contributed by atoms with Crippen LogP contribution in [0.15, 0.2) is 52.9 Å². The van der Waals surface area contributed by atoms with Gasteiger partial charge in [-0.25, -0.2) is 9.67 Å². The van der Waals surface area contributed by atoms with E-state index in [0.717, 1.165) is 22.6 Å². The molecular formula is C23H24N6O4. The van der Waals surface area contributed by atoms with Gasteiger partial charge in [0, 0.05) is 12.1 Å². The van der Waals surface area contributed by atoms with Crippen molar-refractivity contribution >= 4 is 11.7 Å². The Labute approximate surface area is 190 Å². The van der Waals surface area contributed by atoms with Crippen molar-refractivity contribution in [2.75, 3.05) is 20.0 Å². The first-order chi connectivity index (χ1) is 16.0. The Kier molecular flexibility index (Phi) is 6.25. The monoisotopic (exact) mass is 448 g/mol. The molecule has 0 aliphatic rings. The third-order valence-electron chi connectivity index (χ3n) is 5.13. The molecule has 0 bridgehead atoms. The van der Waals surface area contributed by atoms with Gasteiger partial charge in [0.25, 0.3) is 5.91 Å². The lowest BCUT2D eigenvalue weighted by atomic mass is 10.2. The number of aryl methyl sites for hydroxylation is 1. The van der Waals surface area contributed by atoms with E-state index in [2.05, 4.69) is 20.6 Å². The van der Waals surface area contributed by atoms with Gasteiger partial charge in [0.05, 0.1) is 20.8 Å². The number of benzene rings is 2. The molecule has 0 aliphatic carbocycles. The molecule has 170 valence electrons. The molecule has 33 heavy (non-hydrogen) atoms. The Hall–Kier alpha value is -4.34. The molecule has 0 unspecified atom stereocenters. The molecule has 4 rings (SSSR count). The van der Waals surface area contributed by atoms with Crippen LogP contribution in [-0.2, 0) is 13.1 Å². The van der Waals surface area contributed by atoms with Gasteiger partial charge in [0.15, 0.2) is 11.5 Å². The van der Waals surface area contributed by atoms with Crippen LogP contribution in [0.4, 0.5) is 5.82 Å². The highest BCUT2D eigenvalue weighted by Gasteiger charge is 2.20. The number of carbonyl (C=O) groups is 1. The van der Waals surface area contributed by atoms with Crippen LogP contribution in [-0.4, -0.2) is 40.1 Å². The first kappa shape index (κ1) is 21.9. The largest absolute Gasteiger partial charge is 0.497 e. The quantitative estimate of drug-likeness (QED) is 0.421. The summed E-state index contributed by atoms with van der Waals surface area (Å²) in [6.45, 7) is 2.35. The second-order valence-corrected chi connectivity index (χ2v) is 7.26. The van der Waals surface area contributed by atoms with E-state index in [0.29, 0.717) is 23.9 Å². The third-order valence-corrected chi connectivity index (χ3v) is 5.13. The molecule has 0 saturated heterocycles. The van der Waals surface area contributed by atoms with Crippen molar-refractivity contribution in [1.29, 1.82) is 0 Å². The number of amides is 1. The summed E-state index contributed by atoms with van der Waals surface area (Å²) in [4.78, 5) is 17.1. The SMILES string of the molecule is COc1ccc(CNC(=O)c2nnn(Cc3nc(-c4ccc(OC)cc4)oc3C)c2N)cc1. The van der Waals surface area contributed by atoms with Crippen molar-refractivity contribution < 1.29 is 18.7 Å². The lowest BCUT2D eigenvalue weighted by Gasteiger charge is -2.06. The number of ether oxygens (including phenoxy) is 2. The van der Waals surface area contributed by atoms with E-state index in [1.54, 1.807) is 14.2 Å². The summed E-state index contributed by atoms with van der Waals surface area (Å²) in [7, 11) is 3.21. The normalized spacial score (nSPS) is 10.8. The number of nitrogen functional groups attached to an aromatic ring is 1. The Morgan fingerprint density at radius 2 is 1.70 bits per heavy atom. The topological polar surface area (TPSA) is 130 Å². The van der Waals surface area contributed by atoms with Gasteiger partial charge in [-0.1, -0.05) is 17.3 Å². The number of methoxy groups -OCH3 is 2. The van der Waals surface area contributed by atoms with Gasteiger partial charge in [-0.2, -0.15) is 0 Å². The third kappa shape index (κ3) is 4.79. The number of hydrogen-bond acceptors (Lipinski definition) is 8. The summed E-state index contributed by atoms with van der Waals surface area (Å²) in [6, 6.07) is 14.8. The lowest BCUT2D eigenvalue weighted by molar-refractivity contribution is 0.0946. The van der Waals surface area contributed by atoms with Gasteiger partial charge < -0.3 is 24.9 Å². The summed E-state index contributed by atoms with van der Waals surface area (Å²) in [5.74, 6) is 2.33. The Morgan fingerprint density at radius 1 is 1.06 bits per heavy atom. The van der Waals surface area contributed by atoms with Crippen LogP contribution in [0.25, 0.3) is 11.5 Å². The fourth-order valence-electron chi connectivity index (χ4n) is 3.18. The minimum absolute atomic E-state index is 0.0556.